The molecule has 0 spiro atoms. The summed E-state index contributed by atoms with van der Waals surface area (Å²) in [5.74, 6) is 0.451. The molecule has 2 amide bonds. The number of methoxy groups -OCH3 is 1. The molecule has 8 heteroatoms. The van der Waals surface area contributed by atoms with E-state index in [9.17, 15) is 14.6 Å². The van der Waals surface area contributed by atoms with Gasteiger partial charge in [-0.2, -0.15) is 0 Å². The lowest BCUT2D eigenvalue weighted by atomic mass is 9.41. The summed E-state index contributed by atoms with van der Waals surface area (Å²) in [4.78, 5) is 26.0. The Morgan fingerprint density at radius 3 is 2.41 bits per heavy atom. The molecule has 3 fully saturated rings. The third-order valence-electron chi connectivity index (χ3n) is 9.02. The number of hydrogen-bond donors (Lipinski definition) is 3. The summed E-state index contributed by atoms with van der Waals surface area (Å²) in [5, 5.41) is 17.3. The number of benzene rings is 1. The van der Waals surface area contributed by atoms with E-state index < -0.39 is 24.7 Å². The summed E-state index contributed by atoms with van der Waals surface area (Å²) in [6.07, 6.45) is 3.28. The molecule has 3 aliphatic rings. The topological polar surface area (TPSA) is 96.9 Å². The van der Waals surface area contributed by atoms with E-state index in [1.807, 2.05) is 30.3 Å². The maximum absolute atomic E-state index is 13.5. The number of carbonyl (C=O) groups excluding carboxylic acids is 2. The molecule has 0 radical (unpaired) electrons. The van der Waals surface area contributed by atoms with E-state index >= 15 is 0 Å². The molecule has 0 aromatic heterocycles. The van der Waals surface area contributed by atoms with Gasteiger partial charge in [0.1, 0.15) is 6.04 Å². The molecule has 7 nitrogen and oxygen atoms in total. The van der Waals surface area contributed by atoms with Crippen molar-refractivity contribution in [1.29, 1.82) is 0 Å². The SMILES string of the molecule is COCCC(=O)N[C@@H](Cc1ccccc1)C(=O)N[C@@H](CC(C)C)B(O)O[C@]1(C)[C@H](C)C[C@@H]2C[C@H]1C2(C)C. The number of hydrogen-bond acceptors (Lipinski definition) is 5. The fourth-order valence-electron chi connectivity index (χ4n) is 6.49. The summed E-state index contributed by atoms with van der Waals surface area (Å²) in [6, 6.07) is 8.84. The van der Waals surface area contributed by atoms with Gasteiger partial charge in [0.2, 0.25) is 11.8 Å². The summed E-state index contributed by atoms with van der Waals surface area (Å²) in [5.41, 5.74) is 0.665. The van der Waals surface area contributed by atoms with E-state index in [4.69, 9.17) is 9.39 Å². The summed E-state index contributed by atoms with van der Waals surface area (Å²) in [6.45, 7) is 13.4. The predicted octanol–water partition coefficient (Wildman–Crippen LogP) is 3.78. The molecule has 3 saturated carbocycles. The van der Waals surface area contributed by atoms with Gasteiger partial charge >= 0.3 is 7.12 Å². The summed E-state index contributed by atoms with van der Waals surface area (Å²) >= 11 is 0. The zero-order valence-corrected chi connectivity index (χ0v) is 23.8. The van der Waals surface area contributed by atoms with Gasteiger partial charge in [-0.05, 0) is 60.8 Å². The minimum atomic E-state index is -1.15. The second kappa shape index (κ2) is 12.3. The maximum Gasteiger partial charge on any atom is 0.478 e. The van der Waals surface area contributed by atoms with Crippen LogP contribution in [0.2, 0.25) is 0 Å². The zero-order chi connectivity index (χ0) is 27.4. The molecule has 0 heterocycles. The van der Waals surface area contributed by atoms with E-state index in [1.54, 1.807) is 0 Å². The minimum absolute atomic E-state index is 0.171. The Kier molecular flexibility index (Phi) is 9.87. The van der Waals surface area contributed by atoms with Crippen LogP contribution in [0.4, 0.5) is 0 Å². The molecule has 0 aliphatic heterocycles. The molecule has 1 aromatic rings. The van der Waals surface area contributed by atoms with Gasteiger partial charge < -0.3 is 25.0 Å². The molecule has 206 valence electrons. The third kappa shape index (κ3) is 6.95. The van der Waals surface area contributed by atoms with Crippen LogP contribution in [0.3, 0.4) is 0 Å². The quantitative estimate of drug-likeness (QED) is 0.348. The number of rotatable bonds is 13. The normalized spacial score (nSPS) is 27.6. The zero-order valence-electron chi connectivity index (χ0n) is 23.8. The van der Waals surface area contributed by atoms with Gasteiger partial charge in [0, 0.05) is 20.0 Å². The van der Waals surface area contributed by atoms with Crippen LogP contribution < -0.4 is 10.6 Å². The van der Waals surface area contributed by atoms with Gasteiger partial charge in [0.25, 0.3) is 0 Å². The Labute approximate surface area is 223 Å². The second-order valence-electron chi connectivity index (χ2n) is 12.4. The van der Waals surface area contributed by atoms with Gasteiger partial charge in [0.15, 0.2) is 0 Å². The van der Waals surface area contributed by atoms with Gasteiger partial charge in [-0.1, -0.05) is 65.0 Å². The van der Waals surface area contributed by atoms with Crippen molar-refractivity contribution in [3.8, 4) is 0 Å². The number of fused-ring (bicyclic) bond motifs is 2. The fourth-order valence-corrected chi connectivity index (χ4v) is 6.49. The van der Waals surface area contributed by atoms with Crippen molar-refractivity contribution in [2.45, 2.75) is 91.2 Å². The van der Waals surface area contributed by atoms with E-state index in [2.05, 4.69) is 52.2 Å². The molecular formula is C29H47BN2O5. The highest BCUT2D eigenvalue weighted by molar-refractivity contribution is 6.45. The molecule has 6 atom stereocenters. The largest absolute Gasteiger partial charge is 0.478 e. The van der Waals surface area contributed by atoms with Crippen LogP contribution in [-0.4, -0.2) is 55.3 Å². The van der Waals surface area contributed by atoms with E-state index in [1.165, 1.54) is 7.11 Å². The smallest absolute Gasteiger partial charge is 0.426 e. The molecule has 3 N–H and O–H groups in total. The van der Waals surface area contributed by atoms with E-state index in [0.717, 1.165) is 18.4 Å². The number of amides is 2. The third-order valence-corrected chi connectivity index (χ3v) is 9.02. The fraction of sp³-hybridized carbons (Fsp3) is 0.724. The molecule has 0 saturated heterocycles. The Morgan fingerprint density at radius 2 is 1.81 bits per heavy atom. The summed E-state index contributed by atoms with van der Waals surface area (Å²) in [7, 11) is 0.394. The monoisotopic (exact) mass is 514 g/mol. The van der Waals surface area contributed by atoms with Crippen LogP contribution in [0.1, 0.15) is 72.8 Å². The molecular weight excluding hydrogens is 467 g/mol. The van der Waals surface area contributed by atoms with Crippen molar-refractivity contribution < 1.29 is 24.0 Å². The molecule has 4 rings (SSSR count). The molecule has 0 unspecified atom stereocenters. The van der Waals surface area contributed by atoms with Gasteiger partial charge in [0.05, 0.1) is 18.1 Å². The Hall–Kier alpha value is -1.90. The van der Waals surface area contributed by atoms with Crippen LogP contribution in [0.5, 0.6) is 0 Å². The van der Waals surface area contributed by atoms with E-state index in [0.29, 0.717) is 30.6 Å². The predicted molar refractivity (Wildman–Crippen MR) is 147 cm³/mol. The minimum Gasteiger partial charge on any atom is -0.426 e. The van der Waals surface area contributed by atoms with Crippen molar-refractivity contribution in [3.05, 3.63) is 35.9 Å². The van der Waals surface area contributed by atoms with Gasteiger partial charge in [-0.25, -0.2) is 0 Å². The first-order valence-electron chi connectivity index (χ1n) is 13.9. The molecule has 2 bridgehead atoms. The Bertz CT molecular complexity index is 911. The van der Waals surface area contributed by atoms with Crippen molar-refractivity contribution >= 4 is 18.9 Å². The van der Waals surface area contributed by atoms with Crippen molar-refractivity contribution in [2.75, 3.05) is 13.7 Å². The van der Waals surface area contributed by atoms with Gasteiger partial charge in [-0.15, -0.1) is 0 Å². The number of ether oxygens (including phenoxy) is 1. The first-order valence-corrected chi connectivity index (χ1v) is 13.9. The lowest BCUT2D eigenvalue weighted by molar-refractivity contribution is -0.214. The lowest BCUT2D eigenvalue weighted by Crippen LogP contribution is -2.67. The van der Waals surface area contributed by atoms with Crippen LogP contribution >= 0.6 is 0 Å². The first-order chi connectivity index (χ1) is 17.4. The highest BCUT2D eigenvalue weighted by atomic mass is 16.5. The first kappa shape index (κ1) is 29.7. The molecule has 1 aromatic carbocycles. The highest BCUT2D eigenvalue weighted by Gasteiger charge is 2.63. The number of nitrogens with one attached hydrogen (secondary N) is 2. The second-order valence-corrected chi connectivity index (χ2v) is 12.4. The average molecular weight is 515 g/mol. The van der Waals surface area contributed by atoms with Crippen LogP contribution in [-0.2, 0) is 25.4 Å². The van der Waals surface area contributed by atoms with Crippen LogP contribution in [0, 0.1) is 29.1 Å². The van der Waals surface area contributed by atoms with Crippen LogP contribution in [0.15, 0.2) is 30.3 Å². The standard InChI is InChI=1S/C29H47BN2O5/c1-19(2)15-25(30(35)37-29(6)20(3)16-22-18-24(29)28(22,4)5)32-27(34)23(31-26(33)13-14-36-7)17-21-11-9-8-10-12-21/h8-12,19-20,22-25,35H,13-18H2,1-7H3,(H,31,33)(H,32,34)/t20-,22-,23+,24+,25+,29-/m1/s1. The van der Waals surface area contributed by atoms with Crippen molar-refractivity contribution in [3.63, 3.8) is 0 Å². The Balaban J connectivity index is 1.75. The number of carbonyl (C=O) groups is 2. The molecule has 37 heavy (non-hydrogen) atoms. The van der Waals surface area contributed by atoms with Crippen LogP contribution in [0.25, 0.3) is 0 Å². The van der Waals surface area contributed by atoms with Gasteiger partial charge in [-0.3, -0.25) is 9.59 Å². The van der Waals surface area contributed by atoms with Crippen molar-refractivity contribution in [1.82, 2.24) is 10.6 Å². The Morgan fingerprint density at radius 1 is 1.14 bits per heavy atom. The molecule has 3 aliphatic carbocycles. The van der Waals surface area contributed by atoms with Crippen molar-refractivity contribution in [2.24, 2.45) is 29.1 Å². The lowest BCUT2D eigenvalue weighted by Gasteiger charge is -2.66. The highest BCUT2D eigenvalue weighted by Crippen LogP contribution is 2.65. The summed E-state index contributed by atoms with van der Waals surface area (Å²) < 4.78 is 11.5. The average Bonchev–Trinajstić information content (AvgIpc) is 2.83. The van der Waals surface area contributed by atoms with E-state index in [-0.39, 0.29) is 36.2 Å². The maximum atomic E-state index is 13.5.